The molecule has 4 rings (SSSR count). The summed E-state index contributed by atoms with van der Waals surface area (Å²) in [4.78, 5) is -4.09. The van der Waals surface area contributed by atoms with E-state index in [0.717, 1.165) is 36.4 Å². The van der Waals surface area contributed by atoms with Gasteiger partial charge in [0.1, 0.15) is 42.3 Å². The van der Waals surface area contributed by atoms with Crippen LogP contribution in [-0.4, -0.2) is 57.0 Å². The summed E-state index contributed by atoms with van der Waals surface area (Å²) < 4.78 is 135. The van der Waals surface area contributed by atoms with Crippen LogP contribution in [0.4, 0.5) is 39.8 Å². The molecule has 244 valence electrons. The van der Waals surface area contributed by atoms with Gasteiger partial charge >= 0.3 is 0 Å². The third-order valence-electron chi connectivity index (χ3n) is 5.91. The fourth-order valence-electron chi connectivity index (χ4n) is 3.95. The second-order valence-electron chi connectivity index (χ2n) is 9.06. The molecule has 24 heteroatoms. The second kappa shape index (κ2) is 11.5. The highest BCUT2D eigenvalue weighted by molar-refractivity contribution is 7.86. The lowest BCUT2D eigenvalue weighted by molar-refractivity contribution is 0.472. The predicted molar refractivity (Wildman–Crippen MR) is 159 cm³/mol. The number of nitrogens with zero attached hydrogens (tertiary/aromatic N) is 4. The van der Waals surface area contributed by atoms with Gasteiger partial charge in [-0.15, -0.1) is 20.5 Å². The molecule has 20 nitrogen and oxygen atoms in total. The smallest absolute Gasteiger partial charge is 0.296 e. The Kier molecular flexibility index (Phi) is 8.53. The number of fused-ring (bicyclic) bond motifs is 1. The number of phenols is 1. The summed E-state index contributed by atoms with van der Waals surface area (Å²) in [5, 5.41) is 24.1. The summed E-state index contributed by atoms with van der Waals surface area (Å²) in [6, 6.07) is 6.91. The maximum atomic E-state index is 12.3. The number of rotatable bonds is 8. The molecule has 0 aliphatic heterocycles. The monoisotopic (exact) mass is 717 g/mol. The number of azo groups is 2. The highest BCUT2D eigenvalue weighted by Gasteiger charge is 2.28. The fourth-order valence-corrected chi connectivity index (χ4v) is 6.60. The largest absolute Gasteiger partial charge is 0.505 e. The maximum Gasteiger partial charge on any atom is 0.296 e. The van der Waals surface area contributed by atoms with Crippen molar-refractivity contribution in [2.45, 2.75) is 19.6 Å². The lowest BCUT2D eigenvalue weighted by atomic mass is 10.1. The van der Waals surface area contributed by atoms with Crippen molar-refractivity contribution in [1.82, 2.24) is 0 Å². The van der Waals surface area contributed by atoms with Crippen molar-refractivity contribution in [3.05, 3.63) is 48.5 Å². The van der Waals surface area contributed by atoms with Crippen LogP contribution in [0.2, 0.25) is 0 Å². The van der Waals surface area contributed by atoms with Crippen molar-refractivity contribution in [3.63, 3.8) is 0 Å². The van der Waals surface area contributed by atoms with Crippen molar-refractivity contribution in [2.24, 2.45) is 20.5 Å². The minimum absolute atomic E-state index is 0.126. The summed E-state index contributed by atoms with van der Waals surface area (Å²) in [5.74, 6) is -1.21. The standard InChI is InChI=1S/C22H19N7O13S4/c23-10-1-3-12(14(7-10)43(31,32)33)26-28-20-16(45(37,38)39)5-9-6-17(46(40,41)42)21(22(30)18(9)19(20)25)29-27-13-4-2-11(24)8-15(13)44(34,35)36/h1-8,30H,23-25H2,(H,31,32,33)(H,34,35,36)(H,37,38,39)(H,40,41,42). The zero-order valence-corrected chi connectivity index (χ0v) is 25.5. The molecule has 0 unspecified atom stereocenters. The Morgan fingerprint density at radius 3 is 1.26 bits per heavy atom. The van der Waals surface area contributed by atoms with Gasteiger partial charge in [0, 0.05) is 11.4 Å². The summed E-state index contributed by atoms with van der Waals surface area (Å²) in [5.41, 5.74) is 12.8. The molecular formula is C22H19N7O13S4. The number of nitrogen functional groups attached to an aromatic ring is 3. The lowest BCUT2D eigenvalue weighted by Gasteiger charge is -2.14. The van der Waals surface area contributed by atoms with Crippen LogP contribution in [0, 0.1) is 0 Å². The van der Waals surface area contributed by atoms with Gasteiger partial charge in [-0.2, -0.15) is 33.7 Å². The topological polar surface area (TPSA) is 365 Å². The highest BCUT2D eigenvalue weighted by atomic mass is 32.2. The van der Waals surface area contributed by atoms with Crippen LogP contribution in [0.15, 0.2) is 88.6 Å². The molecule has 0 amide bonds. The Morgan fingerprint density at radius 1 is 0.500 bits per heavy atom. The van der Waals surface area contributed by atoms with Crippen molar-refractivity contribution in [2.75, 3.05) is 17.2 Å². The van der Waals surface area contributed by atoms with Crippen LogP contribution in [0.1, 0.15) is 0 Å². The molecule has 46 heavy (non-hydrogen) atoms. The molecule has 0 bridgehead atoms. The predicted octanol–water partition coefficient (Wildman–Crippen LogP) is 3.11. The normalized spacial score (nSPS) is 13.2. The Labute approximate surface area is 258 Å². The van der Waals surface area contributed by atoms with E-state index in [1.54, 1.807) is 0 Å². The van der Waals surface area contributed by atoms with Gasteiger partial charge < -0.3 is 22.3 Å². The van der Waals surface area contributed by atoms with Crippen molar-refractivity contribution < 1.29 is 57.0 Å². The van der Waals surface area contributed by atoms with E-state index in [2.05, 4.69) is 20.5 Å². The first kappa shape index (κ1) is 34.1. The third-order valence-corrected chi connectivity index (χ3v) is 9.41. The quantitative estimate of drug-likeness (QED) is 0.0737. The number of benzene rings is 4. The van der Waals surface area contributed by atoms with Gasteiger partial charge in [0.25, 0.3) is 40.5 Å². The van der Waals surface area contributed by atoms with Crippen LogP contribution in [-0.2, 0) is 40.5 Å². The molecule has 0 atom stereocenters. The van der Waals surface area contributed by atoms with E-state index in [4.69, 9.17) is 17.2 Å². The molecule has 0 aliphatic rings. The van der Waals surface area contributed by atoms with Gasteiger partial charge in [0.05, 0.1) is 11.1 Å². The van der Waals surface area contributed by atoms with Crippen LogP contribution in [0.5, 0.6) is 5.75 Å². The van der Waals surface area contributed by atoms with Gasteiger partial charge in [-0.3, -0.25) is 18.2 Å². The number of anilines is 3. The highest BCUT2D eigenvalue weighted by Crippen LogP contribution is 2.48. The van der Waals surface area contributed by atoms with Crippen LogP contribution in [0.25, 0.3) is 10.8 Å². The first-order chi connectivity index (χ1) is 21.0. The molecule has 11 N–H and O–H groups in total. The molecule has 0 radical (unpaired) electrons. The minimum Gasteiger partial charge on any atom is -0.505 e. The Bertz CT molecular complexity index is 2300. The Balaban J connectivity index is 2.07. The molecule has 4 aromatic carbocycles. The van der Waals surface area contributed by atoms with E-state index in [9.17, 15) is 57.0 Å². The van der Waals surface area contributed by atoms with Crippen LogP contribution >= 0.6 is 0 Å². The first-order valence-corrected chi connectivity index (χ1v) is 17.4. The van der Waals surface area contributed by atoms with E-state index < -0.39 is 105 Å². The molecular weight excluding hydrogens is 699 g/mol. The van der Waals surface area contributed by atoms with E-state index in [1.807, 2.05) is 0 Å². The summed E-state index contributed by atoms with van der Waals surface area (Å²) in [6.07, 6.45) is 0. The fraction of sp³-hybridized carbons (Fsp3) is 0. The van der Waals surface area contributed by atoms with Crippen LogP contribution in [0.3, 0.4) is 0 Å². The average molecular weight is 718 g/mol. The third kappa shape index (κ3) is 6.87. The van der Waals surface area contributed by atoms with Gasteiger partial charge in [-0.25, -0.2) is 0 Å². The lowest BCUT2D eigenvalue weighted by Crippen LogP contribution is -2.04. The first-order valence-electron chi connectivity index (χ1n) is 11.6. The molecule has 0 fully saturated rings. The zero-order valence-electron chi connectivity index (χ0n) is 22.3. The molecule has 0 spiro atoms. The number of hydrogen-bond donors (Lipinski definition) is 8. The molecule has 0 heterocycles. The zero-order chi connectivity index (χ0) is 34.6. The van der Waals surface area contributed by atoms with E-state index in [0.29, 0.717) is 12.1 Å². The van der Waals surface area contributed by atoms with Gasteiger partial charge in [0.2, 0.25) is 0 Å². The number of aromatic hydroxyl groups is 1. The summed E-state index contributed by atoms with van der Waals surface area (Å²) >= 11 is 0. The second-order valence-corrected chi connectivity index (χ2v) is 14.6. The number of phenolic OH excluding ortho intramolecular Hbond substituents is 1. The van der Waals surface area contributed by atoms with E-state index >= 15 is 0 Å². The van der Waals surface area contributed by atoms with Gasteiger partial charge in [0.15, 0.2) is 5.75 Å². The molecule has 0 aliphatic carbocycles. The Hall–Kier alpha value is -4.82. The van der Waals surface area contributed by atoms with Gasteiger partial charge in [-0.1, -0.05) is 0 Å². The van der Waals surface area contributed by atoms with E-state index in [1.165, 1.54) is 0 Å². The van der Waals surface area contributed by atoms with Crippen molar-refractivity contribution >= 4 is 91.1 Å². The van der Waals surface area contributed by atoms with Crippen LogP contribution < -0.4 is 17.2 Å². The maximum absolute atomic E-state index is 12.3. The van der Waals surface area contributed by atoms with Crippen molar-refractivity contribution in [1.29, 1.82) is 0 Å². The average Bonchev–Trinajstić information content (AvgIpc) is 2.90. The Morgan fingerprint density at radius 2 is 0.870 bits per heavy atom. The minimum atomic E-state index is -5.32. The SMILES string of the molecule is Nc1ccc(N=Nc2c(S(=O)(=O)O)cc3cc(S(=O)(=O)O)c(N=Nc4ccc(N)cc4S(=O)(=O)O)c(O)c3c2N)c(S(=O)(=O)O)c1. The summed E-state index contributed by atoms with van der Waals surface area (Å²) in [7, 11) is -20.5. The molecule has 0 aromatic heterocycles. The summed E-state index contributed by atoms with van der Waals surface area (Å²) in [6.45, 7) is 0. The molecule has 0 saturated carbocycles. The van der Waals surface area contributed by atoms with Gasteiger partial charge in [-0.05, 0) is 53.9 Å². The molecule has 4 aromatic rings. The van der Waals surface area contributed by atoms with E-state index in [-0.39, 0.29) is 11.4 Å². The number of hydrogen-bond acceptors (Lipinski definition) is 16. The molecule has 0 saturated heterocycles. The van der Waals surface area contributed by atoms with Crippen molar-refractivity contribution in [3.8, 4) is 5.75 Å². The number of nitrogens with two attached hydrogens (primary N) is 3.